The molecule has 4 nitrogen and oxygen atoms in total. The maximum absolute atomic E-state index is 11.0. The van der Waals surface area contributed by atoms with Gasteiger partial charge in [0.1, 0.15) is 11.5 Å². The maximum Gasteiger partial charge on any atom is 0.248 e. The molecule has 0 fully saturated rings. The van der Waals surface area contributed by atoms with Crippen LogP contribution in [0.15, 0.2) is 48.5 Å². The van der Waals surface area contributed by atoms with Crippen LogP contribution in [0, 0.1) is 0 Å². The Hall–Kier alpha value is -2.33. The molecular formula is C17H20N2O2. The van der Waals surface area contributed by atoms with Gasteiger partial charge >= 0.3 is 0 Å². The number of primary amides is 1. The van der Waals surface area contributed by atoms with Crippen LogP contribution < -0.4 is 15.8 Å². The maximum atomic E-state index is 11.0. The Morgan fingerprint density at radius 3 is 2.57 bits per heavy atom. The van der Waals surface area contributed by atoms with Crippen LogP contribution in [0.25, 0.3) is 0 Å². The van der Waals surface area contributed by atoms with Crippen molar-refractivity contribution in [3.63, 3.8) is 0 Å². The van der Waals surface area contributed by atoms with Crippen LogP contribution in [-0.2, 0) is 6.54 Å². The predicted octanol–water partition coefficient (Wildman–Crippen LogP) is 3.08. The molecule has 0 saturated carbocycles. The van der Waals surface area contributed by atoms with Crippen LogP contribution >= 0.6 is 0 Å². The Balaban J connectivity index is 2.01. The number of nitrogens with two attached hydrogens (primary N) is 1. The molecule has 0 aliphatic carbocycles. The summed E-state index contributed by atoms with van der Waals surface area (Å²) >= 11 is 0. The van der Waals surface area contributed by atoms with Crippen molar-refractivity contribution in [2.24, 2.45) is 5.73 Å². The summed E-state index contributed by atoms with van der Waals surface area (Å²) < 4.78 is 5.78. The van der Waals surface area contributed by atoms with Gasteiger partial charge in [-0.1, -0.05) is 19.1 Å². The van der Waals surface area contributed by atoms with Crippen molar-refractivity contribution in [3.05, 3.63) is 59.7 Å². The topological polar surface area (TPSA) is 64.3 Å². The second-order valence-corrected chi connectivity index (χ2v) is 4.81. The number of rotatable bonds is 7. The molecule has 0 radical (unpaired) electrons. The minimum absolute atomic E-state index is 0.439. The third kappa shape index (κ3) is 4.61. The number of carbonyl (C=O) groups is 1. The van der Waals surface area contributed by atoms with Gasteiger partial charge < -0.3 is 15.8 Å². The van der Waals surface area contributed by atoms with Crippen molar-refractivity contribution < 1.29 is 9.53 Å². The van der Waals surface area contributed by atoms with Crippen LogP contribution in [0.3, 0.4) is 0 Å². The number of carbonyl (C=O) groups excluding carboxylic acids is 1. The van der Waals surface area contributed by atoms with E-state index >= 15 is 0 Å². The molecule has 0 aliphatic heterocycles. The van der Waals surface area contributed by atoms with Gasteiger partial charge in [0.15, 0.2) is 0 Å². The number of hydrogen-bond donors (Lipinski definition) is 2. The lowest BCUT2D eigenvalue weighted by molar-refractivity contribution is 0.100. The Morgan fingerprint density at radius 1 is 1.14 bits per heavy atom. The molecule has 0 atom stereocenters. The second kappa shape index (κ2) is 7.45. The Morgan fingerprint density at radius 2 is 1.90 bits per heavy atom. The quantitative estimate of drug-likeness (QED) is 0.768. The SMILES string of the molecule is CCCNCc1cccc(Oc2ccc(C(N)=O)cc2)c1. The van der Waals surface area contributed by atoms with Crippen molar-refractivity contribution in [3.8, 4) is 11.5 Å². The molecule has 1 amide bonds. The van der Waals surface area contributed by atoms with Crippen molar-refractivity contribution >= 4 is 5.91 Å². The molecule has 110 valence electrons. The van der Waals surface area contributed by atoms with Crippen LogP contribution in [0.1, 0.15) is 29.3 Å². The number of ether oxygens (including phenoxy) is 1. The predicted molar refractivity (Wildman–Crippen MR) is 83.5 cm³/mol. The highest BCUT2D eigenvalue weighted by Gasteiger charge is 2.02. The molecule has 0 saturated heterocycles. The molecule has 0 bridgehead atoms. The third-order valence-electron chi connectivity index (χ3n) is 3.03. The Labute approximate surface area is 124 Å². The zero-order valence-electron chi connectivity index (χ0n) is 12.1. The molecule has 2 aromatic rings. The first-order valence-corrected chi connectivity index (χ1v) is 7.06. The number of hydrogen-bond acceptors (Lipinski definition) is 3. The molecular weight excluding hydrogens is 264 g/mol. The standard InChI is InChI=1S/C17H20N2O2/c1-2-10-19-12-13-4-3-5-16(11-13)21-15-8-6-14(7-9-15)17(18)20/h3-9,11,19H,2,10,12H2,1H3,(H2,18,20). The summed E-state index contributed by atoms with van der Waals surface area (Å²) in [6.07, 6.45) is 1.11. The lowest BCUT2D eigenvalue weighted by Gasteiger charge is -2.08. The minimum Gasteiger partial charge on any atom is -0.457 e. The minimum atomic E-state index is -0.439. The monoisotopic (exact) mass is 284 g/mol. The first kappa shape index (κ1) is 15.1. The normalized spacial score (nSPS) is 10.3. The Kier molecular flexibility index (Phi) is 5.35. The molecule has 0 unspecified atom stereocenters. The van der Waals surface area contributed by atoms with E-state index < -0.39 is 5.91 Å². The van der Waals surface area contributed by atoms with E-state index in [1.165, 1.54) is 5.56 Å². The summed E-state index contributed by atoms with van der Waals surface area (Å²) in [5, 5.41) is 3.36. The van der Waals surface area contributed by atoms with Crippen LogP contribution in [0.5, 0.6) is 11.5 Å². The summed E-state index contributed by atoms with van der Waals surface area (Å²) in [7, 11) is 0. The highest BCUT2D eigenvalue weighted by atomic mass is 16.5. The molecule has 0 spiro atoms. The molecule has 3 N–H and O–H groups in total. The van der Waals surface area contributed by atoms with Gasteiger partial charge in [-0.15, -0.1) is 0 Å². The van der Waals surface area contributed by atoms with Gasteiger partial charge in [0.05, 0.1) is 0 Å². The highest BCUT2D eigenvalue weighted by molar-refractivity contribution is 5.92. The molecule has 2 aromatic carbocycles. The van der Waals surface area contributed by atoms with E-state index in [1.54, 1.807) is 24.3 Å². The van der Waals surface area contributed by atoms with Gasteiger partial charge in [0.2, 0.25) is 5.91 Å². The summed E-state index contributed by atoms with van der Waals surface area (Å²) in [5.41, 5.74) is 6.86. The molecule has 0 aliphatic rings. The van der Waals surface area contributed by atoms with Gasteiger partial charge in [-0.3, -0.25) is 4.79 Å². The number of nitrogens with one attached hydrogen (secondary N) is 1. The van der Waals surface area contributed by atoms with E-state index in [4.69, 9.17) is 10.5 Å². The van der Waals surface area contributed by atoms with Crippen LogP contribution in [-0.4, -0.2) is 12.5 Å². The first-order chi connectivity index (χ1) is 10.2. The lowest BCUT2D eigenvalue weighted by Crippen LogP contribution is -2.13. The summed E-state index contributed by atoms with van der Waals surface area (Å²) in [6, 6.07) is 14.7. The second-order valence-electron chi connectivity index (χ2n) is 4.81. The van der Waals surface area contributed by atoms with E-state index in [1.807, 2.05) is 18.2 Å². The van der Waals surface area contributed by atoms with Gasteiger partial charge in [-0.25, -0.2) is 0 Å². The van der Waals surface area contributed by atoms with E-state index in [2.05, 4.69) is 18.3 Å². The van der Waals surface area contributed by atoms with E-state index in [0.29, 0.717) is 11.3 Å². The van der Waals surface area contributed by atoms with Gasteiger partial charge in [0, 0.05) is 12.1 Å². The summed E-state index contributed by atoms with van der Waals surface area (Å²) in [4.78, 5) is 11.0. The average molecular weight is 284 g/mol. The smallest absolute Gasteiger partial charge is 0.248 e. The fourth-order valence-corrected chi connectivity index (χ4v) is 1.95. The molecule has 21 heavy (non-hydrogen) atoms. The van der Waals surface area contributed by atoms with E-state index in [9.17, 15) is 4.79 Å². The summed E-state index contributed by atoms with van der Waals surface area (Å²) in [5.74, 6) is 1.02. The third-order valence-corrected chi connectivity index (χ3v) is 3.03. The molecule has 0 aromatic heterocycles. The first-order valence-electron chi connectivity index (χ1n) is 7.06. The van der Waals surface area contributed by atoms with Gasteiger partial charge in [-0.05, 0) is 54.9 Å². The molecule has 0 heterocycles. The zero-order valence-corrected chi connectivity index (χ0v) is 12.1. The fourth-order valence-electron chi connectivity index (χ4n) is 1.95. The van der Waals surface area contributed by atoms with E-state index in [-0.39, 0.29) is 0 Å². The van der Waals surface area contributed by atoms with Gasteiger partial charge in [-0.2, -0.15) is 0 Å². The summed E-state index contributed by atoms with van der Waals surface area (Å²) in [6.45, 7) is 3.97. The van der Waals surface area contributed by atoms with E-state index in [0.717, 1.165) is 25.3 Å². The molecule has 2 rings (SSSR count). The van der Waals surface area contributed by atoms with Crippen LogP contribution in [0.2, 0.25) is 0 Å². The number of benzene rings is 2. The van der Waals surface area contributed by atoms with Crippen molar-refractivity contribution in [1.29, 1.82) is 0 Å². The fraction of sp³-hybridized carbons (Fsp3) is 0.235. The van der Waals surface area contributed by atoms with Crippen molar-refractivity contribution in [1.82, 2.24) is 5.32 Å². The zero-order chi connectivity index (χ0) is 15.1. The van der Waals surface area contributed by atoms with Gasteiger partial charge in [0.25, 0.3) is 0 Å². The Bertz CT molecular complexity index is 594. The molecule has 4 heteroatoms. The van der Waals surface area contributed by atoms with Crippen molar-refractivity contribution in [2.75, 3.05) is 6.54 Å². The highest BCUT2D eigenvalue weighted by Crippen LogP contribution is 2.22. The number of amides is 1. The largest absolute Gasteiger partial charge is 0.457 e. The van der Waals surface area contributed by atoms with Crippen molar-refractivity contribution in [2.45, 2.75) is 19.9 Å². The van der Waals surface area contributed by atoms with Crippen LogP contribution in [0.4, 0.5) is 0 Å². The average Bonchev–Trinajstić information content (AvgIpc) is 2.48. The lowest BCUT2D eigenvalue weighted by atomic mass is 10.2.